The van der Waals surface area contributed by atoms with Gasteiger partial charge in [0.1, 0.15) is 5.82 Å². The van der Waals surface area contributed by atoms with Gasteiger partial charge in [0.2, 0.25) is 0 Å². The minimum Gasteiger partial charge on any atom is -0.365 e. The maximum Gasteiger partial charge on any atom is 0.166 e. The second-order valence-electron chi connectivity index (χ2n) is 4.95. The number of Topliss-reactive ketones (excluding diaryl/α,β-unsaturated/α-hetero) is 1. The highest BCUT2D eigenvalue weighted by Gasteiger charge is 2.16. The molecule has 1 aromatic heterocycles. The Balaban J connectivity index is 2.96. The smallest absolute Gasteiger partial charge is 0.166 e. The van der Waals surface area contributed by atoms with Crippen LogP contribution in [0.2, 0.25) is 0 Å². The number of rotatable bonds is 4. The number of ketones is 1. The maximum absolute atomic E-state index is 11.9. The lowest BCUT2D eigenvalue weighted by Gasteiger charge is -2.22. The molecule has 0 spiro atoms. The molecule has 0 aromatic carbocycles. The van der Waals surface area contributed by atoms with E-state index in [9.17, 15) is 4.79 Å². The highest BCUT2D eigenvalue weighted by molar-refractivity contribution is 6.00. The molecule has 0 fully saturated rings. The Morgan fingerprint density at radius 3 is 2.69 bits per heavy atom. The third-order valence-electron chi connectivity index (χ3n) is 2.08. The largest absolute Gasteiger partial charge is 0.365 e. The van der Waals surface area contributed by atoms with Crippen LogP contribution in [0.4, 0.5) is 5.82 Å². The molecule has 1 rings (SSSR count). The Labute approximate surface area is 97.3 Å². The highest BCUT2D eigenvalue weighted by atomic mass is 16.1. The van der Waals surface area contributed by atoms with Crippen molar-refractivity contribution in [2.45, 2.75) is 46.1 Å². The summed E-state index contributed by atoms with van der Waals surface area (Å²) in [5, 5.41) is 3.26. The van der Waals surface area contributed by atoms with Gasteiger partial charge in [0.25, 0.3) is 0 Å². The van der Waals surface area contributed by atoms with Crippen LogP contribution < -0.4 is 5.32 Å². The summed E-state index contributed by atoms with van der Waals surface area (Å²) in [4.78, 5) is 16.1. The molecule has 3 nitrogen and oxygen atoms in total. The number of aromatic nitrogens is 1. The average molecular weight is 220 g/mol. The minimum absolute atomic E-state index is 0.0877. The van der Waals surface area contributed by atoms with E-state index in [1.54, 1.807) is 12.3 Å². The molecule has 0 unspecified atom stereocenters. The van der Waals surface area contributed by atoms with E-state index in [4.69, 9.17) is 0 Å². The number of pyridine rings is 1. The maximum atomic E-state index is 11.9. The van der Waals surface area contributed by atoms with Gasteiger partial charge in [0, 0.05) is 18.2 Å². The number of hydrogen-bond acceptors (Lipinski definition) is 3. The number of hydrogen-bond donors (Lipinski definition) is 1. The summed E-state index contributed by atoms with van der Waals surface area (Å²) in [6.07, 6.45) is 3.14. The standard InChI is InChI=1S/C13H20N2O/c1-5-7-11(16)10-8-6-9-14-12(10)15-13(2,3)4/h6,8-9H,5,7H2,1-4H3,(H,14,15). The SMILES string of the molecule is CCCC(=O)c1cccnc1NC(C)(C)C. The van der Waals surface area contributed by atoms with Crippen LogP contribution >= 0.6 is 0 Å². The first-order valence-electron chi connectivity index (χ1n) is 5.70. The zero-order valence-electron chi connectivity index (χ0n) is 10.5. The van der Waals surface area contributed by atoms with Gasteiger partial charge in [0.05, 0.1) is 5.56 Å². The van der Waals surface area contributed by atoms with Crippen LogP contribution in [0.25, 0.3) is 0 Å². The molecular formula is C13H20N2O. The van der Waals surface area contributed by atoms with Crippen LogP contribution in [0, 0.1) is 0 Å². The molecule has 0 saturated carbocycles. The van der Waals surface area contributed by atoms with Gasteiger partial charge in [-0.1, -0.05) is 6.92 Å². The fourth-order valence-corrected chi connectivity index (χ4v) is 1.45. The van der Waals surface area contributed by atoms with Gasteiger partial charge in [0.15, 0.2) is 5.78 Å². The van der Waals surface area contributed by atoms with Crippen LogP contribution in [-0.4, -0.2) is 16.3 Å². The lowest BCUT2D eigenvalue weighted by atomic mass is 10.1. The lowest BCUT2D eigenvalue weighted by Crippen LogP contribution is -2.28. The Bertz CT molecular complexity index is 366. The number of nitrogens with zero attached hydrogens (tertiary/aromatic N) is 1. The van der Waals surface area contributed by atoms with Gasteiger partial charge in [-0.05, 0) is 39.3 Å². The second kappa shape index (κ2) is 5.10. The average Bonchev–Trinajstić information content (AvgIpc) is 2.16. The van der Waals surface area contributed by atoms with Crippen molar-refractivity contribution in [3.63, 3.8) is 0 Å². The first kappa shape index (κ1) is 12.7. The molecule has 3 heteroatoms. The van der Waals surface area contributed by atoms with Crippen molar-refractivity contribution in [3.05, 3.63) is 23.9 Å². The van der Waals surface area contributed by atoms with Crippen LogP contribution in [0.15, 0.2) is 18.3 Å². The van der Waals surface area contributed by atoms with Crippen LogP contribution in [-0.2, 0) is 0 Å². The van der Waals surface area contributed by atoms with Crippen LogP contribution in [0.5, 0.6) is 0 Å². The normalized spacial score (nSPS) is 11.2. The van der Waals surface area contributed by atoms with Crippen LogP contribution in [0.3, 0.4) is 0 Å². The first-order chi connectivity index (χ1) is 7.44. The molecular weight excluding hydrogens is 200 g/mol. The molecule has 0 aliphatic heterocycles. The quantitative estimate of drug-likeness (QED) is 0.792. The number of nitrogens with one attached hydrogen (secondary N) is 1. The van der Waals surface area contributed by atoms with E-state index in [2.05, 4.69) is 31.1 Å². The van der Waals surface area contributed by atoms with E-state index >= 15 is 0 Å². The van der Waals surface area contributed by atoms with E-state index in [0.29, 0.717) is 17.8 Å². The Hall–Kier alpha value is -1.38. The van der Waals surface area contributed by atoms with Crippen molar-refractivity contribution >= 4 is 11.6 Å². The fraction of sp³-hybridized carbons (Fsp3) is 0.538. The van der Waals surface area contributed by atoms with Gasteiger partial charge >= 0.3 is 0 Å². The van der Waals surface area contributed by atoms with Gasteiger partial charge in [-0.2, -0.15) is 0 Å². The predicted octanol–water partition coefficient (Wildman–Crippen LogP) is 3.27. The fourth-order valence-electron chi connectivity index (χ4n) is 1.45. The van der Waals surface area contributed by atoms with Gasteiger partial charge in [-0.3, -0.25) is 4.79 Å². The summed E-state index contributed by atoms with van der Waals surface area (Å²) in [6.45, 7) is 8.16. The molecule has 0 saturated heterocycles. The summed E-state index contributed by atoms with van der Waals surface area (Å²) in [6, 6.07) is 3.63. The molecule has 0 aliphatic rings. The van der Waals surface area contributed by atoms with E-state index in [0.717, 1.165) is 6.42 Å². The van der Waals surface area contributed by atoms with Gasteiger partial charge < -0.3 is 5.32 Å². The van der Waals surface area contributed by atoms with E-state index < -0.39 is 0 Å². The predicted molar refractivity (Wildman–Crippen MR) is 66.9 cm³/mol. The molecule has 0 aliphatic carbocycles. The van der Waals surface area contributed by atoms with Gasteiger partial charge in [-0.15, -0.1) is 0 Å². The third-order valence-corrected chi connectivity index (χ3v) is 2.08. The van der Waals surface area contributed by atoms with Crippen molar-refractivity contribution < 1.29 is 4.79 Å². The zero-order valence-corrected chi connectivity index (χ0v) is 10.5. The lowest BCUT2D eigenvalue weighted by molar-refractivity contribution is 0.0982. The second-order valence-corrected chi connectivity index (χ2v) is 4.95. The molecule has 1 aromatic rings. The van der Waals surface area contributed by atoms with E-state index in [1.807, 2.05) is 13.0 Å². The minimum atomic E-state index is -0.0877. The summed E-state index contributed by atoms with van der Waals surface area (Å²) in [5.74, 6) is 0.843. The molecule has 16 heavy (non-hydrogen) atoms. The summed E-state index contributed by atoms with van der Waals surface area (Å²) in [5.41, 5.74) is 0.606. The Morgan fingerprint density at radius 2 is 2.12 bits per heavy atom. The molecule has 0 radical (unpaired) electrons. The van der Waals surface area contributed by atoms with Crippen molar-refractivity contribution in [1.29, 1.82) is 0 Å². The van der Waals surface area contributed by atoms with E-state index in [-0.39, 0.29) is 11.3 Å². The summed E-state index contributed by atoms with van der Waals surface area (Å²) in [7, 11) is 0. The van der Waals surface area contributed by atoms with Crippen LogP contribution in [0.1, 0.15) is 50.9 Å². The highest BCUT2D eigenvalue weighted by Crippen LogP contribution is 2.18. The molecule has 88 valence electrons. The Morgan fingerprint density at radius 1 is 1.44 bits per heavy atom. The number of carbonyl (C=O) groups excluding carboxylic acids is 1. The zero-order chi connectivity index (χ0) is 12.2. The topological polar surface area (TPSA) is 42.0 Å². The van der Waals surface area contributed by atoms with Crippen molar-refractivity contribution in [2.24, 2.45) is 0 Å². The first-order valence-corrected chi connectivity index (χ1v) is 5.70. The summed E-state index contributed by atoms with van der Waals surface area (Å²) < 4.78 is 0. The van der Waals surface area contributed by atoms with Crippen molar-refractivity contribution in [1.82, 2.24) is 4.98 Å². The monoisotopic (exact) mass is 220 g/mol. The third kappa shape index (κ3) is 3.65. The molecule has 1 N–H and O–H groups in total. The van der Waals surface area contributed by atoms with Crippen molar-refractivity contribution in [2.75, 3.05) is 5.32 Å². The molecule has 0 bridgehead atoms. The van der Waals surface area contributed by atoms with Gasteiger partial charge in [-0.25, -0.2) is 4.98 Å². The van der Waals surface area contributed by atoms with E-state index in [1.165, 1.54) is 0 Å². The van der Waals surface area contributed by atoms with Crippen molar-refractivity contribution in [3.8, 4) is 0 Å². The molecule has 0 amide bonds. The molecule has 1 heterocycles. The number of anilines is 1. The Kier molecular flexibility index (Phi) is 4.05. The molecule has 0 atom stereocenters. The number of carbonyl (C=O) groups is 1. The summed E-state index contributed by atoms with van der Waals surface area (Å²) >= 11 is 0.